The van der Waals surface area contributed by atoms with Gasteiger partial charge in [-0.05, 0) is 0 Å². The van der Waals surface area contributed by atoms with Gasteiger partial charge >= 0.3 is 0 Å². The van der Waals surface area contributed by atoms with Crippen LogP contribution >= 0.6 is 0 Å². The molecule has 0 unspecified atom stereocenters. The van der Waals surface area contributed by atoms with E-state index in [0.717, 1.165) is 0 Å². The molecule has 0 aromatic heterocycles. The fourth-order valence-electron chi connectivity index (χ4n) is 0.118. The molecular weight excluding hydrogens is 76.9 g/mol. The molecule has 0 aliphatic carbocycles. The molecule has 0 bridgehead atoms. The van der Waals surface area contributed by atoms with Crippen molar-refractivity contribution in [3.05, 3.63) is 0 Å². The van der Waals surface area contributed by atoms with Gasteiger partial charge in [0.2, 0.25) is 0 Å². The molecule has 0 aliphatic heterocycles. The van der Waals surface area contributed by atoms with Crippen LogP contribution in [0.15, 0.2) is 0 Å². The average molecular weight is 88.9 g/mol. The summed E-state index contributed by atoms with van der Waals surface area (Å²) in [5.74, 6) is 0. The topological polar surface area (TPSA) is 35.2 Å². The van der Waals surface area contributed by atoms with Crippen molar-refractivity contribution in [2.24, 2.45) is 5.73 Å². The minimum Gasteiger partial charge on any atom is -0.383 e. The largest absolute Gasteiger partial charge is 0.383 e. The lowest BCUT2D eigenvalue weighted by molar-refractivity contribution is 0.207. The summed E-state index contributed by atoms with van der Waals surface area (Å²) in [6.07, 6.45) is 0. The molecule has 0 spiro atoms. The molecule has 0 amide bonds. The van der Waals surface area contributed by atoms with Gasteiger partial charge in [-0.25, -0.2) is 0 Å². The predicted octanol–water partition coefficient (Wildman–Crippen LogP) is -1.59. The van der Waals surface area contributed by atoms with E-state index in [2.05, 4.69) is 4.74 Å². The smallest absolute Gasteiger partial charge is 0.0814 e. The van der Waals surface area contributed by atoms with Crippen molar-refractivity contribution < 1.29 is 4.74 Å². The summed E-state index contributed by atoms with van der Waals surface area (Å²) in [6.45, 7) is 1.29. The maximum absolute atomic E-state index is 5.01. The van der Waals surface area contributed by atoms with E-state index in [9.17, 15) is 0 Å². The van der Waals surface area contributed by atoms with Gasteiger partial charge in [-0.1, -0.05) is 0 Å². The van der Waals surface area contributed by atoms with Gasteiger partial charge in [0.25, 0.3) is 0 Å². The second-order valence-electron chi connectivity index (χ2n) is 0.781. The van der Waals surface area contributed by atoms with Crippen LogP contribution in [0.3, 0.4) is 0 Å². The molecule has 0 fully saturated rings. The van der Waals surface area contributed by atoms with Crippen molar-refractivity contribution in [2.45, 2.75) is 0 Å². The van der Waals surface area contributed by atoms with Crippen LogP contribution in [-0.2, 0) is 4.74 Å². The van der Waals surface area contributed by atoms with Gasteiger partial charge in [0.05, 0.1) is 15.0 Å². The summed E-state index contributed by atoms with van der Waals surface area (Å²) in [4.78, 5) is 0. The average Bonchev–Trinajstić information content (AvgIpc) is 1.41. The molecule has 0 saturated heterocycles. The van der Waals surface area contributed by atoms with Gasteiger partial charge in [0, 0.05) is 13.7 Å². The lowest BCUT2D eigenvalue weighted by Crippen LogP contribution is -2.05. The Bertz CT molecular complexity index is 18.3. The van der Waals surface area contributed by atoms with Crippen LogP contribution in [0.4, 0.5) is 0 Å². The van der Waals surface area contributed by atoms with Crippen molar-refractivity contribution in [1.82, 2.24) is 0 Å². The zero-order chi connectivity index (χ0) is 4.12. The van der Waals surface area contributed by atoms with E-state index in [0.29, 0.717) is 13.2 Å². The van der Waals surface area contributed by atoms with E-state index >= 15 is 0 Å². The molecule has 0 saturated carbocycles. The summed E-state index contributed by atoms with van der Waals surface area (Å²) in [5.41, 5.74) is 5.01. The van der Waals surface area contributed by atoms with Crippen molar-refractivity contribution in [2.75, 3.05) is 20.3 Å². The summed E-state index contributed by atoms with van der Waals surface area (Å²) >= 11 is 0. The van der Waals surface area contributed by atoms with Crippen LogP contribution in [-0.4, -0.2) is 28.7 Å². The third-order valence-electron chi connectivity index (χ3n) is 0.322. The van der Waals surface area contributed by atoms with Gasteiger partial charge in [-0.2, -0.15) is 0 Å². The lowest BCUT2D eigenvalue weighted by atomic mass is 10.7. The third kappa shape index (κ3) is 9.01. The first-order valence-electron chi connectivity index (χ1n) is 1.61. The molecule has 38 valence electrons. The Morgan fingerprint density at radius 2 is 2.17 bits per heavy atom. The monoisotopic (exact) mass is 89.1 g/mol. The Morgan fingerprint density at radius 3 is 2.17 bits per heavy atom. The van der Waals surface area contributed by atoms with E-state index in [1.165, 1.54) is 0 Å². The summed E-state index contributed by atoms with van der Waals surface area (Å²) < 4.78 is 4.57. The summed E-state index contributed by atoms with van der Waals surface area (Å²) in [7, 11) is 1.63. The zero-order valence-electron chi connectivity index (χ0n) is 3.40. The molecule has 3 heteroatoms. The normalized spacial score (nSPS) is 7.00. The minimum absolute atomic E-state index is 0. The van der Waals surface area contributed by atoms with Gasteiger partial charge < -0.3 is 10.5 Å². The molecule has 0 aromatic rings. The lowest BCUT2D eigenvalue weighted by Gasteiger charge is -1.85. The van der Waals surface area contributed by atoms with Gasteiger partial charge in [-0.15, -0.1) is 0 Å². The van der Waals surface area contributed by atoms with E-state index in [-0.39, 0.29) is 8.41 Å². The van der Waals surface area contributed by atoms with Crippen LogP contribution in [0, 0.1) is 0 Å². The molecule has 2 nitrogen and oxygen atoms in total. The highest BCUT2D eigenvalue weighted by Crippen LogP contribution is 1.53. The number of hydrogen-bond donors (Lipinski definition) is 1. The molecular formula is C3H12BNO. The maximum atomic E-state index is 5.01. The third-order valence-corrected chi connectivity index (χ3v) is 0.322. The molecule has 2 N–H and O–H groups in total. The standard InChI is InChI=1S/C3H9NO.BH3/c1-5-3-2-4;/h2-4H2,1H3;1H3. The predicted molar refractivity (Wildman–Crippen MR) is 30.9 cm³/mol. The number of hydrogen-bond acceptors (Lipinski definition) is 2. The Balaban J connectivity index is 0. The van der Waals surface area contributed by atoms with Gasteiger partial charge in [0.15, 0.2) is 0 Å². The van der Waals surface area contributed by atoms with Crippen LogP contribution in [0.25, 0.3) is 0 Å². The Kier molecular flexibility index (Phi) is 13.9. The summed E-state index contributed by atoms with van der Waals surface area (Å²) in [5, 5.41) is 0. The minimum atomic E-state index is 0. The highest BCUT2D eigenvalue weighted by Gasteiger charge is 1.65. The SMILES string of the molecule is B.COCCN. The fraction of sp³-hybridized carbons (Fsp3) is 1.00. The zero-order valence-corrected chi connectivity index (χ0v) is 3.40. The maximum Gasteiger partial charge on any atom is 0.0814 e. The van der Waals surface area contributed by atoms with Gasteiger partial charge in [-0.3, -0.25) is 0 Å². The number of methoxy groups -OCH3 is 1. The van der Waals surface area contributed by atoms with Crippen LogP contribution in [0.5, 0.6) is 0 Å². The molecule has 0 atom stereocenters. The van der Waals surface area contributed by atoms with Crippen molar-refractivity contribution in [3.8, 4) is 0 Å². The van der Waals surface area contributed by atoms with E-state index in [4.69, 9.17) is 5.73 Å². The summed E-state index contributed by atoms with van der Waals surface area (Å²) in [6, 6.07) is 0. The molecule has 0 aliphatic rings. The molecule has 0 rings (SSSR count). The van der Waals surface area contributed by atoms with Crippen LogP contribution < -0.4 is 5.73 Å². The van der Waals surface area contributed by atoms with Gasteiger partial charge in [0.1, 0.15) is 0 Å². The first-order chi connectivity index (χ1) is 2.41. The van der Waals surface area contributed by atoms with E-state index < -0.39 is 0 Å². The van der Waals surface area contributed by atoms with E-state index in [1.54, 1.807) is 7.11 Å². The fourth-order valence-corrected chi connectivity index (χ4v) is 0.118. The highest BCUT2D eigenvalue weighted by atomic mass is 16.5. The Morgan fingerprint density at radius 1 is 1.67 bits per heavy atom. The number of nitrogens with two attached hydrogens (primary N) is 1. The second kappa shape index (κ2) is 8.88. The Hall–Kier alpha value is -0.0151. The Labute approximate surface area is 40.2 Å². The second-order valence-corrected chi connectivity index (χ2v) is 0.781. The highest BCUT2D eigenvalue weighted by molar-refractivity contribution is 5.75. The van der Waals surface area contributed by atoms with E-state index in [1.807, 2.05) is 0 Å². The van der Waals surface area contributed by atoms with Crippen molar-refractivity contribution >= 4 is 8.41 Å². The van der Waals surface area contributed by atoms with Crippen LogP contribution in [0.1, 0.15) is 0 Å². The first kappa shape index (κ1) is 9.37. The van der Waals surface area contributed by atoms with Crippen molar-refractivity contribution in [1.29, 1.82) is 0 Å². The molecule has 0 heterocycles. The number of rotatable bonds is 2. The first-order valence-corrected chi connectivity index (χ1v) is 1.61. The molecule has 0 radical (unpaired) electrons. The van der Waals surface area contributed by atoms with Crippen LogP contribution in [0.2, 0.25) is 0 Å². The molecule has 6 heavy (non-hydrogen) atoms. The quantitative estimate of drug-likeness (QED) is 0.414. The van der Waals surface area contributed by atoms with Crippen molar-refractivity contribution in [3.63, 3.8) is 0 Å². The number of ether oxygens (including phenoxy) is 1. The molecule has 0 aromatic carbocycles.